The van der Waals surface area contributed by atoms with Gasteiger partial charge in [-0.3, -0.25) is 0 Å². The normalized spacial score (nSPS) is 11.6. The van der Waals surface area contributed by atoms with Crippen LogP contribution < -0.4 is 5.32 Å². The van der Waals surface area contributed by atoms with Gasteiger partial charge in [-0.2, -0.15) is 5.10 Å². The molecule has 2 aromatic heterocycles. The van der Waals surface area contributed by atoms with Crippen molar-refractivity contribution in [2.45, 2.75) is 11.8 Å². The third-order valence-electron chi connectivity index (χ3n) is 4.52. The van der Waals surface area contributed by atoms with Crippen molar-refractivity contribution in [3.63, 3.8) is 0 Å². The lowest BCUT2D eigenvalue weighted by Gasteiger charge is -2.11. The van der Waals surface area contributed by atoms with Crippen LogP contribution in [0.5, 0.6) is 0 Å². The number of hydrogen-bond acceptors (Lipinski definition) is 6. The van der Waals surface area contributed by atoms with Crippen LogP contribution in [0.15, 0.2) is 65.7 Å². The van der Waals surface area contributed by atoms with E-state index in [9.17, 15) is 12.8 Å². The zero-order valence-corrected chi connectivity index (χ0v) is 16.5. The highest BCUT2D eigenvalue weighted by Crippen LogP contribution is 2.30. The van der Waals surface area contributed by atoms with Crippen LogP contribution in [0.25, 0.3) is 22.2 Å². The SMILES string of the molecule is Cc1cc(S(C)(=O)=O)ccc1-c1nncc2nc(Nc3ccc(F)cc3)ccc12. The minimum absolute atomic E-state index is 0.260. The number of rotatable bonds is 4. The molecule has 4 aromatic rings. The Morgan fingerprint density at radius 3 is 2.45 bits per heavy atom. The van der Waals surface area contributed by atoms with Crippen molar-refractivity contribution >= 4 is 32.2 Å². The minimum Gasteiger partial charge on any atom is -0.340 e. The van der Waals surface area contributed by atoms with E-state index in [1.807, 2.05) is 13.0 Å². The van der Waals surface area contributed by atoms with E-state index in [4.69, 9.17) is 0 Å². The zero-order valence-electron chi connectivity index (χ0n) is 15.7. The first kappa shape index (κ1) is 18.9. The van der Waals surface area contributed by atoms with Crippen molar-refractivity contribution in [2.24, 2.45) is 0 Å². The Hall–Kier alpha value is -3.39. The summed E-state index contributed by atoms with van der Waals surface area (Å²) < 4.78 is 36.6. The second-order valence-electron chi connectivity index (χ2n) is 6.70. The average Bonchev–Trinajstić information content (AvgIpc) is 2.68. The third-order valence-corrected chi connectivity index (χ3v) is 5.63. The van der Waals surface area contributed by atoms with Gasteiger partial charge >= 0.3 is 0 Å². The van der Waals surface area contributed by atoms with Gasteiger partial charge in [0.25, 0.3) is 0 Å². The molecule has 0 unspecified atom stereocenters. The molecule has 0 saturated carbocycles. The number of benzene rings is 2. The van der Waals surface area contributed by atoms with Gasteiger partial charge in [0.1, 0.15) is 17.3 Å². The molecule has 29 heavy (non-hydrogen) atoms. The largest absolute Gasteiger partial charge is 0.340 e. The van der Waals surface area contributed by atoms with Crippen LogP contribution in [0.3, 0.4) is 0 Å². The molecule has 0 radical (unpaired) electrons. The van der Waals surface area contributed by atoms with E-state index in [-0.39, 0.29) is 10.7 Å². The van der Waals surface area contributed by atoms with Crippen LogP contribution in [-0.4, -0.2) is 29.9 Å². The van der Waals surface area contributed by atoms with Crippen molar-refractivity contribution < 1.29 is 12.8 Å². The Bertz CT molecular complexity index is 1320. The maximum absolute atomic E-state index is 13.1. The first-order chi connectivity index (χ1) is 13.8. The van der Waals surface area contributed by atoms with Crippen LogP contribution in [0, 0.1) is 12.7 Å². The lowest BCUT2D eigenvalue weighted by Crippen LogP contribution is -2.00. The molecule has 0 bridgehead atoms. The fourth-order valence-corrected chi connectivity index (χ4v) is 3.76. The predicted octanol–water partition coefficient (Wildman–Crippen LogP) is 4.29. The molecule has 0 aliphatic carbocycles. The molecule has 6 nitrogen and oxygen atoms in total. The smallest absolute Gasteiger partial charge is 0.175 e. The summed E-state index contributed by atoms with van der Waals surface area (Å²) in [4.78, 5) is 4.82. The maximum atomic E-state index is 13.1. The number of halogens is 1. The Morgan fingerprint density at radius 1 is 1.00 bits per heavy atom. The van der Waals surface area contributed by atoms with E-state index in [1.54, 1.807) is 42.6 Å². The molecule has 4 rings (SSSR count). The highest BCUT2D eigenvalue weighted by atomic mass is 32.2. The topological polar surface area (TPSA) is 84.8 Å². The predicted molar refractivity (Wildman–Crippen MR) is 110 cm³/mol. The molecule has 0 spiro atoms. The fraction of sp³-hybridized carbons (Fsp3) is 0.0952. The van der Waals surface area contributed by atoms with Gasteiger partial charge in [-0.15, -0.1) is 5.10 Å². The van der Waals surface area contributed by atoms with Gasteiger partial charge in [-0.05, 0) is 61.0 Å². The van der Waals surface area contributed by atoms with Crippen LogP contribution in [0.4, 0.5) is 15.9 Å². The number of fused-ring (bicyclic) bond motifs is 1. The molecular formula is C21H17FN4O2S. The highest BCUT2D eigenvalue weighted by Gasteiger charge is 2.14. The molecular weight excluding hydrogens is 391 g/mol. The molecule has 1 N–H and O–H groups in total. The average molecular weight is 408 g/mol. The Morgan fingerprint density at radius 2 is 1.76 bits per heavy atom. The van der Waals surface area contributed by atoms with E-state index < -0.39 is 9.84 Å². The summed E-state index contributed by atoms with van der Waals surface area (Å²) in [5.74, 6) is 0.284. The van der Waals surface area contributed by atoms with Gasteiger partial charge in [-0.25, -0.2) is 17.8 Å². The molecule has 0 fully saturated rings. The van der Waals surface area contributed by atoms with E-state index in [0.29, 0.717) is 22.7 Å². The van der Waals surface area contributed by atoms with Crippen molar-refractivity contribution in [1.29, 1.82) is 0 Å². The molecule has 0 aliphatic heterocycles. The van der Waals surface area contributed by atoms with Crippen LogP contribution in [-0.2, 0) is 9.84 Å². The number of aromatic nitrogens is 3. The molecule has 146 valence electrons. The van der Waals surface area contributed by atoms with Gasteiger partial charge < -0.3 is 5.32 Å². The maximum Gasteiger partial charge on any atom is 0.175 e. The van der Waals surface area contributed by atoms with Crippen LogP contribution in [0.2, 0.25) is 0 Å². The number of aryl methyl sites for hydroxylation is 1. The number of anilines is 2. The molecule has 0 saturated heterocycles. The summed E-state index contributed by atoms with van der Waals surface area (Å²) in [5, 5.41) is 12.2. The summed E-state index contributed by atoms with van der Waals surface area (Å²) in [6.07, 6.45) is 2.74. The van der Waals surface area contributed by atoms with Crippen molar-refractivity contribution in [2.75, 3.05) is 11.6 Å². The quantitative estimate of drug-likeness (QED) is 0.542. The summed E-state index contributed by atoms with van der Waals surface area (Å²) in [5.41, 5.74) is 3.54. The molecule has 8 heteroatoms. The first-order valence-electron chi connectivity index (χ1n) is 8.77. The van der Waals surface area contributed by atoms with Crippen LogP contribution in [0.1, 0.15) is 5.56 Å². The van der Waals surface area contributed by atoms with E-state index in [1.165, 1.54) is 18.4 Å². The third kappa shape index (κ3) is 3.93. The molecule has 2 heterocycles. The number of pyridine rings is 1. The Kier molecular flexibility index (Phi) is 4.71. The summed E-state index contributed by atoms with van der Waals surface area (Å²) >= 11 is 0. The summed E-state index contributed by atoms with van der Waals surface area (Å²) in [7, 11) is -3.28. The second-order valence-corrected chi connectivity index (χ2v) is 8.72. The molecule has 2 aromatic carbocycles. The van der Waals surface area contributed by atoms with Gasteiger partial charge in [0.05, 0.1) is 16.6 Å². The monoisotopic (exact) mass is 408 g/mol. The number of sulfone groups is 1. The molecule has 0 atom stereocenters. The van der Waals surface area contributed by atoms with E-state index >= 15 is 0 Å². The summed E-state index contributed by atoms with van der Waals surface area (Å²) in [6.45, 7) is 1.84. The van der Waals surface area contributed by atoms with Crippen LogP contribution >= 0.6 is 0 Å². The van der Waals surface area contributed by atoms with Crippen molar-refractivity contribution in [1.82, 2.24) is 15.2 Å². The zero-order chi connectivity index (χ0) is 20.6. The van der Waals surface area contributed by atoms with Crippen molar-refractivity contribution in [3.8, 4) is 11.3 Å². The minimum atomic E-state index is -3.28. The number of nitrogens with zero attached hydrogens (tertiary/aromatic N) is 3. The molecule has 0 amide bonds. The van der Waals surface area contributed by atoms with Gasteiger partial charge in [-0.1, -0.05) is 6.07 Å². The summed E-state index contributed by atoms with van der Waals surface area (Å²) in [6, 6.07) is 14.6. The lowest BCUT2D eigenvalue weighted by atomic mass is 10.0. The number of nitrogens with one attached hydrogen (secondary N) is 1. The van der Waals surface area contributed by atoms with Gasteiger partial charge in [0.15, 0.2) is 9.84 Å². The van der Waals surface area contributed by atoms with Crippen molar-refractivity contribution in [3.05, 3.63) is 72.2 Å². The molecule has 0 aliphatic rings. The number of hydrogen-bond donors (Lipinski definition) is 1. The van der Waals surface area contributed by atoms with E-state index in [0.717, 1.165) is 16.5 Å². The fourth-order valence-electron chi connectivity index (χ4n) is 3.05. The lowest BCUT2D eigenvalue weighted by molar-refractivity contribution is 0.602. The first-order valence-corrected chi connectivity index (χ1v) is 10.7. The Balaban J connectivity index is 1.74. The Labute approximate surface area is 167 Å². The second kappa shape index (κ2) is 7.21. The standard InChI is InChI=1S/C21H17FN4O2S/c1-13-11-16(29(2,27)28)7-8-17(13)21-18-9-10-20(25-19(18)12-23-26-21)24-15-5-3-14(22)4-6-15/h3-12H,1-2H3,(H,24,25). The van der Waals surface area contributed by atoms with Gasteiger partial charge in [0, 0.05) is 22.9 Å². The van der Waals surface area contributed by atoms with E-state index in [2.05, 4.69) is 20.5 Å². The van der Waals surface area contributed by atoms with Gasteiger partial charge in [0.2, 0.25) is 0 Å². The highest BCUT2D eigenvalue weighted by molar-refractivity contribution is 7.90.